The Morgan fingerprint density at radius 3 is 1.93 bits per heavy atom. The summed E-state index contributed by atoms with van der Waals surface area (Å²) in [6.07, 6.45) is 0. The molecule has 14 heavy (non-hydrogen) atoms. The first-order valence-electron chi connectivity index (χ1n) is 4.42. The van der Waals surface area contributed by atoms with Crippen LogP contribution in [0.3, 0.4) is 0 Å². The first-order chi connectivity index (χ1) is 6.02. The Kier molecular flexibility index (Phi) is 3.71. The monoisotopic (exact) mass is 218 g/mol. The van der Waals surface area contributed by atoms with Crippen LogP contribution >= 0.6 is 0 Å². The second-order valence-electron chi connectivity index (χ2n) is 4.93. The largest absolute Gasteiger partial charge is 0.216 e. The van der Waals surface area contributed by atoms with Crippen LogP contribution in [0.25, 0.3) is 0 Å². The van der Waals surface area contributed by atoms with Crippen molar-refractivity contribution >= 4 is 10.0 Å². The molecular formula is C9H18N2O2S. The van der Waals surface area contributed by atoms with Crippen molar-refractivity contribution in [2.45, 2.75) is 39.4 Å². The van der Waals surface area contributed by atoms with Gasteiger partial charge in [-0.25, -0.2) is 13.1 Å². The van der Waals surface area contributed by atoms with E-state index in [0.29, 0.717) is 0 Å². The van der Waals surface area contributed by atoms with Gasteiger partial charge in [-0.05, 0) is 34.6 Å². The number of nitriles is 1. The number of sulfonamides is 1. The molecule has 0 radical (unpaired) electrons. The maximum atomic E-state index is 11.6. The highest BCUT2D eigenvalue weighted by Gasteiger charge is 2.30. The average molecular weight is 218 g/mol. The molecule has 0 aromatic heterocycles. The molecule has 0 unspecified atom stereocenters. The van der Waals surface area contributed by atoms with Crippen molar-refractivity contribution in [3.8, 4) is 6.07 Å². The minimum absolute atomic E-state index is 0.142. The Morgan fingerprint density at radius 1 is 1.21 bits per heavy atom. The van der Waals surface area contributed by atoms with Crippen molar-refractivity contribution in [1.29, 1.82) is 5.26 Å². The number of rotatable bonds is 3. The maximum absolute atomic E-state index is 11.6. The standard InChI is InChI=1S/C9H18N2O2S/c1-8(2,3)14(12,13)11-7-9(4,5)6-10/h11H,7H2,1-5H3. The maximum Gasteiger partial charge on any atom is 0.216 e. The van der Waals surface area contributed by atoms with E-state index in [-0.39, 0.29) is 6.54 Å². The van der Waals surface area contributed by atoms with Crippen LogP contribution in [0, 0.1) is 16.7 Å². The molecule has 0 saturated heterocycles. The van der Waals surface area contributed by atoms with Crippen molar-refractivity contribution in [1.82, 2.24) is 4.72 Å². The summed E-state index contributed by atoms with van der Waals surface area (Å²) in [7, 11) is -3.34. The van der Waals surface area contributed by atoms with Crippen LogP contribution < -0.4 is 4.72 Å². The summed E-state index contributed by atoms with van der Waals surface area (Å²) in [5.41, 5.74) is -0.668. The first kappa shape index (κ1) is 13.4. The van der Waals surface area contributed by atoms with Crippen molar-refractivity contribution in [2.75, 3.05) is 6.54 Å². The lowest BCUT2D eigenvalue weighted by molar-refractivity contribution is 0.470. The Bertz CT molecular complexity index is 331. The fraction of sp³-hybridized carbons (Fsp3) is 0.889. The zero-order chi connectivity index (χ0) is 11.6. The smallest absolute Gasteiger partial charge is 0.213 e. The molecule has 5 heteroatoms. The highest BCUT2D eigenvalue weighted by Crippen LogP contribution is 2.16. The average Bonchev–Trinajstić information content (AvgIpc) is 1.99. The third-order valence-electron chi connectivity index (χ3n) is 1.81. The van der Waals surface area contributed by atoms with Crippen molar-refractivity contribution in [2.24, 2.45) is 5.41 Å². The SMILES string of the molecule is CC(C)(C#N)CNS(=O)(=O)C(C)(C)C. The Morgan fingerprint density at radius 2 is 1.64 bits per heavy atom. The molecule has 4 nitrogen and oxygen atoms in total. The van der Waals surface area contributed by atoms with Crippen molar-refractivity contribution in [3.63, 3.8) is 0 Å². The molecule has 0 bridgehead atoms. The van der Waals surface area contributed by atoms with Gasteiger partial charge in [0.1, 0.15) is 0 Å². The van der Waals surface area contributed by atoms with Gasteiger partial charge >= 0.3 is 0 Å². The molecule has 0 aliphatic heterocycles. The molecule has 0 saturated carbocycles. The summed E-state index contributed by atoms with van der Waals surface area (Å²) in [4.78, 5) is 0. The molecule has 0 aromatic carbocycles. The summed E-state index contributed by atoms with van der Waals surface area (Å²) < 4.78 is 24.8. The lowest BCUT2D eigenvalue weighted by Crippen LogP contribution is -2.43. The van der Waals surface area contributed by atoms with Crippen LogP contribution in [0.4, 0.5) is 0 Å². The molecule has 0 spiro atoms. The fourth-order valence-electron chi connectivity index (χ4n) is 0.531. The predicted molar refractivity (Wildman–Crippen MR) is 56.1 cm³/mol. The van der Waals surface area contributed by atoms with E-state index in [1.165, 1.54) is 0 Å². The lowest BCUT2D eigenvalue weighted by Gasteiger charge is -2.23. The van der Waals surface area contributed by atoms with Gasteiger partial charge < -0.3 is 0 Å². The van der Waals surface area contributed by atoms with Crippen LogP contribution in [0.2, 0.25) is 0 Å². The van der Waals surface area contributed by atoms with E-state index in [0.717, 1.165) is 0 Å². The van der Waals surface area contributed by atoms with Gasteiger partial charge in [0.15, 0.2) is 0 Å². The molecule has 0 heterocycles. The zero-order valence-corrected chi connectivity index (χ0v) is 10.2. The van der Waals surface area contributed by atoms with Crippen LogP contribution in [-0.4, -0.2) is 19.7 Å². The van der Waals surface area contributed by atoms with Crippen LogP contribution in [0.1, 0.15) is 34.6 Å². The van der Waals surface area contributed by atoms with E-state index in [9.17, 15) is 8.42 Å². The fourth-order valence-corrected chi connectivity index (χ4v) is 1.52. The molecule has 1 N–H and O–H groups in total. The van der Waals surface area contributed by atoms with Crippen molar-refractivity contribution < 1.29 is 8.42 Å². The summed E-state index contributed by atoms with van der Waals surface area (Å²) in [6.45, 7) is 8.39. The summed E-state index contributed by atoms with van der Waals surface area (Å²) in [6, 6.07) is 2.04. The van der Waals surface area contributed by atoms with Gasteiger partial charge in [0.25, 0.3) is 0 Å². The van der Waals surface area contributed by atoms with Gasteiger partial charge in [-0.3, -0.25) is 0 Å². The van der Waals surface area contributed by atoms with Crippen LogP contribution in [0.5, 0.6) is 0 Å². The minimum atomic E-state index is -3.34. The van der Waals surface area contributed by atoms with Gasteiger partial charge in [-0.15, -0.1) is 0 Å². The minimum Gasteiger partial charge on any atom is -0.213 e. The first-order valence-corrected chi connectivity index (χ1v) is 5.91. The van der Waals surface area contributed by atoms with Gasteiger partial charge in [0, 0.05) is 6.54 Å². The normalized spacial score (nSPS) is 13.7. The third kappa shape index (κ3) is 3.64. The van der Waals surface area contributed by atoms with E-state index in [4.69, 9.17) is 5.26 Å². The number of hydrogen-bond acceptors (Lipinski definition) is 3. The number of nitrogens with zero attached hydrogens (tertiary/aromatic N) is 1. The second kappa shape index (κ2) is 3.87. The third-order valence-corrected chi connectivity index (χ3v) is 3.95. The molecule has 82 valence electrons. The van der Waals surface area contributed by atoms with E-state index in [1.54, 1.807) is 34.6 Å². The summed E-state index contributed by atoms with van der Waals surface area (Å²) in [5, 5.41) is 8.71. The topological polar surface area (TPSA) is 70.0 Å². The zero-order valence-electron chi connectivity index (χ0n) is 9.38. The lowest BCUT2D eigenvalue weighted by atomic mass is 9.97. The predicted octanol–water partition coefficient (Wildman–Crippen LogP) is 1.25. The number of hydrogen-bond donors (Lipinski definition) is 1. The molecule has 0 amide bonds. The van der Waals surface area contributed by atoms with Gasteiger partial charge in [0.05, 0.1) is 16.2 Å². The highest BCUT2D eigenvalue weighted by molar-refractivity contribution is 7.90. The molecule has 0 aliphatic rings. The molecule has 0 fully saturated rings. The van der Waals surface area contributed by atoms with Gasteiger partial charge in [0.2, 0.25) is 10.0 Å². The second-order valence-corrected chi connectivity index (χ2v) is 7.45. The Labute approximate surface area is 86.4 Å². The Balaban J connectivity index is 4.53. The summed E-state index contributed by atoms with van der Waals surface area (Å²) >= 11 is 0. The van der Waals surface area contributed by atoms with Gasteiger partial charge in [-0.2, -0.15) is 5.26 Å². The van der Waals surface area contributed by atoms with E-state index in [2.05, 4.69) is 4.72 Å². The number of nitrogens with one attached hydrogen (secondary N) is 1. The van der Waals surface area contributed by atoms with Crippen molar-refractivity contribution in [3.05, 3.63) is 0 Å². The van der Waals surface area contributed by atoms with E-state index < -0.39 is 20.2 Å². The van der Waals surface area contributed by atoms with Crippen LogP contribution in [0.15, 0.2) is 0 Å². The molecule has 0 atom stereocenters. The highest BCUT2D eigenvalue weighted by atomic mass is 32.2. The molecule has 0 rings (SSSR count). The molecule has 0 aliphatic carbocycles. The van der Waals surface area contributed by atoms with Gasteiger partial charge in [-0.1, -0.05) is 0 Å². The quantitative estimate of drug-likeness (QED) is 0.775. The van der Waals surface area contributed by atoms with E-state index >= 15 is 0 Å². The van der Waals surface area contributed by atoms with Crippen LogP contribution in [-0.2, 0) is 10.0 Å². The molecular weight excluding hydrogens is 200 g/mol. The molecule has 0 aromatic rings. The van der Waals surface area contributed by atoms with E-state index in [1.807, 2.05) is 6.07 Å². The summed E-state index contributed by atoms with van der Waals surface area (Å²) in [5.74, 6) is 0. The Hall–Kier alpha value is -0.600.